The van der Waals surface area contributed by atoms with Gasteiger partial charge in [0, 0.05) is 17.8 Å². The maximum absolute atomic E-state index is 13.3. The fraction of sp³-hybridized carbons (Fsp3) is 0. The molecule has 1 heterocycles. The Kier molecular flexibility index (Phi) is 6.55. The molecule has 0 aliphatic heterocycles. The lowest BCUT2D eigenvalue weighted by Gasteiger charge is -2.11. The molecule has 0 aliphatic carbocycles. The van der Waals surface area contributed by atoms with E-state index >= 15 is 0 Å². The van der Waals surface area contributed by atoms with Crippen LogP contribution < -0.4 is 10.6 Å². The van der Waals surface area contributed by atoms with Crippen molar-refractivity contribution in [3.8, 4) is 0 Å². The molecule has 3 aromatic rings. The number of carbonyl (C=O) groups excluding carboxylic acids is 2. The van der Waals surface area contributed by atoms with Crippen LogP contribution in [0.4, 0.5) is 15.8 Å². The van der Waals surface area contributed by atoms with Gasteiger partial charge in [-0.05, 0) is 41.3 Å². The van der Waals surface area contributed by atoms with E-state index in [1.54, 1.807) is 23.6 Å². The Morgan fingerprint density at radius 3 is 2.60 bits per heavy atom. The first-order valence-electron chi connectivity index (χ1n) is 8.41. The van der Waals surface area contributed by atoms with Crippen molar-refractivity contribution in [1.82, 2.24) is 5.32 Å². The molecule has 2 N–H and O–H groups in total. The second-order valence-electron chi connectivity index (χ2n) is 5.92. The highest BCUT2D eigenvalue weighted by molar-refractivity contribution is 7.12. The Hall–Kier alpha value is -3.56. The zero-order valence-electron chi connectivity index (χ0n) is 15.1. The summed E-state index contributed by atoms with van der Waals surface area (Å²) in [6, 6.07) is 12.5. The average molecular weight is 446 g/mol. The summed E-state index contributed by atoms with van der Waals surface area (Å²) in [5, 5.41) is 17.5. The topological polar surface area (TPSA) is 101 Å². The van der Waals surface area contributed by atoms with Gasteiger partial charge in [-0.15, -0.1) is 11.3 Å². The predicted molar refractivity (Wildman–Crippen MR) is 113 cm³/mol. The molecule has 10 heteroatoms. The number of amides is 2. The predicted octanol–water partition coefficient (Wildman–Crippen LogP) is 4.86. The third-order valence-corrected chi connectivity index (χ3v) is 4.97. The highest BCUT2D eigenvalue weighted by Crippen LogP contribution is 2.21. The molecule has 0 bridgehead atoms. The van der Waals surface area contributed by atoms with E-state index in [9.17, 15) is 24.1 Å². The smallest absolute Gasteiger partial charge is 0.272 e. The second-order valence-corrected chi connectivity index (χ2v) is 7.28. The van der Waals surface area contributed by atoms with Gasteiger partial charge in [0.1, 0.15) is 11.5 Å². The quantitative estimate of drug-likeness (QED) is 0.321. The van der Waals surface area contributed by atoms with Crippen LogP contribution in [-0.2, 0) is 4.79 Å². The lowest BCUT2D eigenvalue weighted by Crippen LogP contribution is -2.30. The number of non-ortho nitro benzene ring substituents is 1. The summed E-state index contributed by atoms with van der Waals surface area (Å²) in [7, 11) is 0. The Labute approximate surface area is 179 Å². The van der Waals surface area contributed by atoms with E-state index < -0.39 is 22.6 Å². The molecule has 3 rings (SSSR count). The highest BCUT2D eigenvalue weighted by atomic mass is 35.5. The molecular weight excluding hydrogens is 433 g/mol. The van der Waals surface area contributed by atoms with Gasteiger partial charge in [0.25, 0.3) is 17.5 Å². The Morgan fingerprint density at radius 1 is 1.13 bits per heavy atom. The number of thiophene rings is 1. The van der Waals surface area contributed by atoms with Gasteiger partial charge in [-0.25, -0.2) is 4.39 Å². The van der Waals surface area contributed by atoms with Crippen molar-refractivity contribution < 1.29 is 18.9 Å². The molecule has 2 amide bonds. The number of hydrogen-bond donors (Lipinski definition) is 2. The molecule has 0 unspecified atom stereocenters. The monoisotopic (exact) mass is 445 g/mol. The lowest BCUT2D eigenvalue weighted by molar-refractivity contribution is -0.384. The van der Waals surface area contributed by atoms with Gasteiger partial charge >= 0.3 is 0 Å². The second kappa shape index (κ2) is 9.29. The van der Waals surface area contributed by atoms with Gasteiger partial charge in [-0.3, -0.25) is 19.7 Å². The van der Waals surface area contributed by atoms with E-state index in [0.29, 0.717) is 10.4 Å². The van der Waals surface area contributed by atoms with Crippen molar-refractivity contribution in [3.05, 3.63) is 97.1 Å². The molecule has 0 radical (unpaired) electrons. The molecule has 1 aromatic heterocycles. The van der Waals surface area contributed by atoms with Crippen molar-refractivity contribution in [1.29, 1.82) is 0 Å². The number of anilines is 1. The Balaban J connectivity index is 1.92. The van der Waals surface area contributed by atoms with Crippen LogP contribution in [-0.4, -0.2) is 16.7 Å². The Bertz CT molecular complexity index is 1150. The minimum atomic E-state index is -0.714. The summed E-state index contributed by atoms with van der Waals surface area (Å²) in [6.07, 6.45) is 1.30. The molecule has 0 spiro atoms. The molecule has 0 aliphatic rings. The number of carbonyl (C=O) groups is 2. The number of nitrogens with one attached hydrogen (secondary N) is 2. The van der Waals surface area contributed by atoms with Gasteiger partial charge in [0.2, 0.25) is 0 Å². The molecule has 2 aromatic carbocycles. The SMILES string of the molecule is O=C(Nc1ccc(F)c(Cl)c1)/C(=C/c1cccc([N+](=O)[O-])c1)NC(=O)c1cccs1. The van der Waals surface area contributed by atoms with Crippen molar-refractivity contribution in [3.63, 3.8) is 0 Å². The molecule has 0 saturated carbocycles. The van der Waals surface area contributed by atoms with E-state index in [4.69, 9.17) is 11.6 Å². The van der Waals surface area contributed by atoms with Crippen LogP contribution in [0.25, 0.3) is 6.08 Å². The van der Waals surface area contributed by atoms with Gasteiger partial charge in [-0.1, -0.05) is 29.8 Å². The van der Waals surface area contributed by atoms with Crippen LogP contribution in [0, 0.1) is 15.9 Å². The first-order chi connectivity index (χ1) is 14.3. The Morgan fingerprint density at radius 2 is 1.93 bits per heavy atom. The van der Waals surface area contributed by atoms with E-state index in [1.807, 2.05) is 0 Å². The minimum Gasteiger partial charge on any atom is -0.321 e. The van der Waals surface area contributed by atoms with E-state index in [2.05, 4.69) is 10.6 Å². The van der Waals surface area contributed by atoms with Crippen molar-refractivity contribution in [2.75, 3.05) is 5.32 Å². The van der Waals surface area contributed by atoms with Crippen LogP contribution in [0.1, 0.15) is 15.2 Å². The summed E-state index contributed by atoms with van der Waals surface area (Å²) in [5.74, 6) is -1.88. The molecule has 7 nitrogen and oxygen atoms in total. The summed E-state index contributed by atoms with van der Waals surface area (Å²) in [5.41, 5.74) is 0.215. The standard InChI is InChI=1S/C20H13ClFN3O4S/c21-15-11-13(6-7-16(15)22)23-19(26)17(24-20(27)18-5-2-8-30-18)10-12-3-1-4-14(9-12)25(28)29/h1-11H,(H,23,26)(H,24,27)/b17-10-. The van der Waals surface area contributed by atoms with Crippen molar-refractivity contribution in [2.24, 2.45) is 0 Å². The average Bonchev–Trinajstić information content (AvgIpc) is 3.25. The first kappa shape index (κ1) is 21.2. The number of nitrogens with zero attached hydrogens (tertiary/aromatic N) is 1. The summed E-state index contributed by atoms with van der Waals surface area (Å²) >= 11 is 6.92. The highest BCUT2D eigenvalue weighted by Gasteiger charge is 2.17. The molecule has 0 atom stereocenters. The number of hydrogen-bond acceptors (Lipinski definition) is 5. The van der Waals surface area contributed by atoms with Crippen LogP contribution >= 0.6 is 22.9 Å². The van der Waals surface area contributed by atoms with Gasteiger partial charge in [0.05, 0.1) is 14.8 Å². The third-order valence-electron chi connectivity index (χ3n) is 3.81. The van der Waals surface area contributed by atoms with Crippen LogP contribution in [0.2, 0.25) is 5.02 Å². The van der Waals surface area contributed by atoms with E-state index in [1.165, 1.54) is 47.7 Å². The number of benzene rings is 2. The summed E-state index contributed by atoms with van der Waals surface area (Å²) in [4.78, 5) is 36.0. The fourth-order valence-corrected chi connectivity index (χ4v) is 3.22. The summed E-state index contributed by atoms with van der Waals surface area (Å²) < 4.78 is 13.3. The van der Waals surface area contributed by atoms with Crippen molar-refractivity contribution >= 4 is 52.2 Å². The number of halogens is 2. The number of nitro groups is 1. The normalized spacial score (nSPS) is 11.1. The molecule has 0 saturated heterocycles. The van der Waals surface area contributed by atoms with E-state index in [-0.39, 0.29) is 22.1 Å². The zero-order valence-corrected chi connectivity index (χ0v) is 16.7. The fourth-order valence-electron chi connectivity index (χ4n) is 2.42. The molecular formula is C20H13ClFN3O4S. The van der Waals surface area contributed by atoms with Gasteiger partial charge in [-0.2, -0.15) is 0 Å². The number of nitro benzene ring substituents is 1. The van der Waals surface area contributed by atoms with Crippen LogP contribution in [0.15, 0.2) is 65.7 Å². The lowest BCUT2D eigenvalue weighted by atomic mass is 10.1. The summed E-state index contributed by atoms with van der Waals surface area (Å²) in [6.45, 7) is 0. The van der Waals surface area contributed by atoms with Crippen LogP contribution in [0.5, 0.6) is 0 Å². The van der Waals surface area contributed by atoms with Gasteiger partial charge in [0.15, 0.2) is 0 Å². The maximum atomic E-state index is 13.3. The van der Waals surface area contributed by atoms with Crippen molar-refractivity contribution in [2.45, 2.75) is 0 Å². The molecule has 152 valence electrons. The maximum Gasteiger partial charge on any atom is 0.272 e. The number of rotatable bonds is 6. The third kappa shape index (κ3) is 5.28. The minimum absolute atomic E-state index is 0.158. The molecule has 30 heavy (non-hydrogen) atoms. The van der Waals surface area contributed by atoms with Gasteiger partial charge < -0.3 is 10.6 Å². The van der Waals surface area contributed by atoms with E-state index in [0.717, 1.165) is 6.07 Å². The zero-order chi connectivity index (χ0) is 21.7. The first-order valence-corrected chi connectivity index (χ1v) is 9.66. The largest absolute Gasteiger partial charge is 0.321 e. The van der Waals surface area contributed by atoms with Crippen LogP contribution in [0.3, 0.4) is 0 Å². The molecule has 0 fully saturated rings.